The van der Waals surface area contributed by atoms with Crippen LogP contribution >= 0.6 is 11.8 Å². The summed E-state index contributed by atoms with van der Waals surface area (Å²) >= 11 is 1.36. The number of hydrogen-bond donors (Lipinski definition) is 1. The molecule has 0 bridgehead atoms. The second-order valence-electron chi connectivity index (χ2n) is 5.56. The lowest BCUT2D eigenvalue weighted by molar-refractivity contribution is -0.115. The van der Waals surface area contributed by atoms with Gasteiger partial charge in [-0.05, 0) is 31.2 Å². The quantitative estimate of drug-likeness (QED) is 0.511. The highest BCUT2D eigenvalue weighted by Crippen LogP contribution is 2.27. The van der Waals surface area contributed by atoms with Crippen LogP contribution in [0.15, 0.2) is 72.7 Å². The number of rotatable bonds is 7. The number of pyridine rings is 1. The molecule has 1 N–H and O–H groups in total. The van der Waals surface area contributed by atoms with Crippen molar-refractivity contribution in [3.05, 3.63) is 67.5 Å². The third kappa shape index (κ3) is 4.18. The number of anilines is 1. The molecule has 7 heteroatoms. The van der Waals surface area contributed by atoms with Crippen molar-refractivity contribution in [2.45, 2.75) is 23.9 Å². The molecule has 3 rings (SSSR count). The summed E-state index contributed by atoms with van der Waals surface area (Å²) in [5.74, 6) is 0.619. The van der Waals surface area contributed by atoms with Crippen LogP contribution in [-0.4, -0.2) is 30.9 Å². The molecule has 1 amide bonds. The maximum absolute atomic E-state index is 12.4. The van der Waals surface area contributed by atoms with E-state index in [1.807, 2.05) is 54.0 Å². The number of amides is 1. The summed E-state index contributed by atoms with van der Waals surface area (Å²) in [6.07, 6.45) is 5.23. The van der Waals surface area contributed by atoms with Gasteiger partial charge in [-0.1, -0.05) is 36.0 Å². The fourth-order valence-corrected chi connectivity index (χ4v) is 3.21. The first-order chi connectivity index (χ1) is 12.7. The minimum Gasteiger partial charge on any atom is -0.325 e. The number of aromatic nitrogens is 4. The molecule has 1 aromatic carbocycles. The Hall–Kier alpha value is -2.93. The normalized spacial score (nSPS) is 11.7. The van der Waals surface area contributed by atoms with E-state index in [0.717, 1.165) is 11.3 Å². The number of carbonyl (C=O) groups excluding carboxylic acids is 1. The molecule has 0 unspecified atom stereocenters. The minimum absolute atomic E-state index is 0.0859. The van der Waals surface area contributed by atoms with Crippen molar-refractivity contribution in [3.63, 3.8) is 0 Å². The van der Waals surface area contributed by atoms with Gasteiger partial charge in [0.15, 0.2) is 11.0 Å². The van der Waals surface area contributed by atoms with Crippen LogP contribution in [0.3, 0.4) is 0 Å². The number of thioether (sulfide) groups is 1. The van der Waals surface area contributed by atoms with Crippen LogP contribution in [-0.2, 0) is 11.3 Å². The lowest BCUT2D eigenvalue weighted by atomic mass is 10.3. The Balaban J connectivity index is 1.77. The summed E-state index contributed by atoms with van der Waals surface area (Å²) < 4.78 is 1.93. The Morgan fingerprint density at radius 2 is 2.08 bits per heavy atom. The summed E-state index contributed by atoms with van der Waals surface area (Å²) in [6.45, 7) is 6.20. The fraction of sp³-hybridized carbons (Fsp3) is 0.158. The third-order valence-corrected chi connectivity index (χ3v) is 4.72. The fourth-order valence-electron chi connectivity index (χ4n) is 2.36. The highest BCUT2D eigenvalue weighted by Gasteiger charge is 2.20. The third-order valence-electron chi connectivity index (χ3n) is 3.64. The number of benzene rings is 1. The average Bonchev–Trinajstić information content (AvgIpc) is 3.06. The van der Waals surface area contributed by atoms with Crippen molar-refractivity contribution in [2.75, 3.05) is 5.32 Å². The Bertz CT molecular complexity index is 879. The van der Waals surface area contributed by atoms with Crippen LogP contribution < -0.4 is 5.32 Å². The van der Waals surface area contributed by atoms with Crippen molar-refractivity contribution >= 4 is 23.4 Å². The molecule has 0 saturated carbocycles. The Kier molecular flexibility index (Phi) is 5.80. The van der Waals surface area contributed by atoms with Crippen LogP contribution in [0.1, 0.15) is 6.92 Å². The number of nitrogens with zero attached hydrogens (tertiary/aromatic N) is 4. The van der Waals surface area contributed by atoms with Crippen LogP contribution in [0.4, 0.5) is 5.69 Å². The summed E-state index contributed by atoms with van der Waals surface area (Å²) in [4.78, 5) is 16.6. The molecule has 0 spiro atoms. The summed E-state index contributed by atoms with van der Waals surface area (Å²) in [5.41, 5.74) is 1.64. The molecular formula is C19H19N5OS. The van der Waals surface area contributed by atoms with Gasteiger partial charge in [-0.25, -0.2) is 0 Å². The van der Waals surface area contributed by atoms with Crippen molar-refractivity contribution in [1.82, 2.24) is 19.7 Å². The first-order valence-electron chi connectivity index (χ1n) is 8.16. The number of allylic oxidation sites excluding steroid dienone is 1. The van der Waals surface area contributed by atoms with E-state index in [1.54, 1.807) is 18.5 Å². The molecule has 132 valence electrons. The van der Waals surface area contributed by atoms with Crippen molar-refractivity contribution in [3.8, 4) is 11.4 Å². The zero-order chi connectivity index (χ0) is 18.4. The molecule has 2 aromatic heterocycles. The molecule has 2 heterocycles. The lowest BCUT2D eigenvalue weighted by Crippen LogP contribution is -2.22. The SMILES string of the molecule is C=CCn1c(S[C@H](C)C(=O)Nc2ccccc2)nnc1-c1cccnc1. The van der Waals surface area contributed by atoms with Crippen LogP contribution in [0.2, 0.25) is 0 Å². The van der Waals surface area contributed by atoms with Gasteiger partial charge in [-0.15, -0.1) is 16.8 Å². The molecule has 0 radical (unpaired) electrons. The van der Waals surface area contributed by atoms with Crippen molar-refractivity contribution in [1.29, 1.82) is 0 Å². The Morgan fingerprint density at radius 3 is 2.77 bits per heavy atom. The predicted octanol–water partition coefficient (Wildman–Crippen LogP) is 3.65. The van der Waals surface area contributed by atoms with Gasteiger partial charge in [0, 0.05) is 30.2 Å². The molecule has 0 fully saturated rings. The second kappa shape index (κ2) is 8.44. The van der Waals surface area contributed by atoms with Gasteiger partial charge in [0.25, 0.3) is 0 Å². The van der Waals surface area contributed by atoms with Gasteiger partial charge in [0.2, 0.25) is 5.91 Å². The number of nitrogens with one attached hydrogen (secondary N) is 1. The number of carbonyl (C=O) groups is 1. The first-order valence-corrected chi connectivity index (χ1v) is 9.04. The summed E-state index contributed by atoms with van der Waals surface area (Å²) in [7, 11) is 0. The van der Waals surface area contributed by atoms with E-state index in [9.17, 15) is 4.79 Å². The summed E-state index contributed by atoms with van der Waals surface area (Å²) in [5, 5.41) is 11.8. The average molecular weight is 365 g/mol. The highest BCUT2D eigenvalue weighted by molar-refractivity contribution is 8.00. The van der Waals surface area contributed by atoms with Gasteiger partial charge in [-0.3, -0.25) is 14.3 Å². The van der Waals surface area contributed by atoms with E-state index in [0.29, 0.717) is 17.5 Å². The van der Waals surface area contributed by atoms with Gasteiger partial charge in [0.1, 0.15) is 0 Å². The predicted molar refractivity (Wildman–Crippen MR) is 104 cm³/mol. The van der Waals surface area contributed by atoms with Crippen molar-refractivity contribution in [2.24, 2.45) is 0 Å². The Morgan fingerprint density at radius 1 is 1.27 bits per heavy atom. The molecule has 1 atom stereocenters. The van der Waals surface area contributed by atoms with E-state index >= 15 is 0 Å². The molecule has 0 aliphatic heterocycles. The molecule has 0 aliphatic carbocycles. The molecule has 0 saturated heterocycles. The van der Waals surface area contributed by atoms with E-state index in [2.05, 4.69) is 27.1 Å². The Labute approximate surface area is 156 Å². The zero-order valence-corrected chi connectivity index (χ0v) is 15.2. The number of para-hydroxylation sites is 1. The molecule has 6 nitrogen and oxygen atoms in total. The van der Waals surface area contributed by atoms with E-state index in [-0.39, 0.29) is 11.2 Å². The largest absolute Gasteiger partial charge is 0.325 e. The van der Waals surface area contributed by atoms with Gasteiger partial charge >= 0.3 is 0 Å². The minimum atomic E-state index is -0.329. The lowest BCUT2D eigenvalue weighted by Gasteiger charge is -2.13. The van der Waals surface area contributed by atoms with Gasteiger partial charge in [0.05, 0.1) is 5.25 Å². The van der Waals surface area contributed by atoms with Crippen LogP contribution in [0.25, 0.3) is 11.4 Å². The standard InChI is InChI=1S/C19H19N5OS/c1-3-12-24-17(15-8-7-11-20-13-15)22-23-19(24)26-14(2)18(25)21-16-9-5-4-6-10-16/h3-11,13-14H,1,12H2,2H3,(H,21,25)/t14-/m1/s1. The maximum atomic E-state index is 12.4. The van der Waals surface area contributed by atoms with E-state index in [1.165, 1.54) is 11.8 Å². The number of hydrogen-bond acceptors (Lipinski definition) is 5. The second-order valence-corrected chi connectivity index (χ2v) is 6.87. The van der Waals surface area contributed by atoms with Crippen LogP contribution in [0.5, 0.6) is 0 Å². The van der Waals surface area contributed by atoms with Crippen molar-refractivity contribution < 1.29 is 4.79 Å². The molecule has 0 aliphatic rings. The van der Waals surface area contributed by atoms with Crippen LogP contribution in [0, 0.1) is 0 Å². The topological polar surface area (TPSA) is 72.7 Å². The molecule has 26 heavy (non-hydrogen) atoms. The first kappa shape index (κ1) is 17.9. The highest BCUT2D eigenvalue weighted by atomic mass is 32.2. The monoisotopic (exact) mass is 365 g/mol. The molecular weight excluding hydrogens is 346 g/mol. The van der Waals surface area contributed by atoms with E-state index in [4.69, 9.17) is 0 Å². The molecule has 3 aromatic rings. The van der Waals surface area contributed by atoms with E-state index < -0.39 is 0 Å². The smallest absolute Gasteiger partial charge is 0.237 e. The summed E-state index contributed by atoms with van der Waals surface area (Å²) in [6, 6.07) is 13.2. The van der Waals surface area contributed by atoms with Gasteiger partial charge < -0.3 is 5.32 Å². The zero-order valence-electron chi connectivity index (χ0n) is 14.4. The maximum Gasteiger partial charge on any atom is 0.237 e. The van der Waals surface area contributed by atoms with Gasteiger partial charge in [-0.2, -0.15) is 0 Å².